The highest BCUT2D eigenvalue weighted by Gasteiger charge is 2.23. The van der Waals surface area contributed by atoms with Gasteiger partial charge < -0.3 is 4.52 Å². The summed E-state index contributed by atoms with van der Waals surface area (Å²) in [6, 6.07) is 16.1. The molecule has 0 amide bonds. The summed E-state index contributed by atoms with van der Waals surface area (Å²) >= 11 is 0. The Bertz CT molecular complexity index is 931. The molecule has 2 N–H and O–H groups in total. The van der Waals surface area contributed by atoms with Crippen molar-refractivity contribution in [2.45, 2.75) is 18.2 Å². The van der Waals surface area contributed by atoms with E-state index < -0.39 is 10.0 Å². The summed E-state index contributed by atoms with van der Waals surface area (Å²) in [6.07, 6.45) is 0.616. The minimum absolute atomic E-state index is 0.0649. The summed E-state index contributed by atoms with van der Waals surface area (Å²) < 4.78 is 29.4. The maximum atomic E-state index is 11.9. The van der Waals surface area contributed by atoms with E-state index in [0.717, 1.165) is 5.56 Å². The molecule has 3 aromatic rings. The minimum atomic E-state index is -3.85. The van der Waals surface area contributed by atoms with Crippen LogP contribution in [0.1, 0.15) is 12.6 Å². The number of rotatable bonds is 4. The molecular formula is C17H16N2O3S. The second kappa shape index (κ2) is 5.98. The van der Waals surface area contributed by atoms with Gasteiger partial charge in [-0.3, -0.25) is 0 Å². The largest absolute Gasteiger partial charge is 0.355 e. The lowest BCUT2D eigenvalue weighted by molar-refractivity contribution is 0.424. The third-order valence-corrected chi connectivity index (χ3v) is 4.57. The molecule has 0 saturated carbocycles. The Morgan fingerprint density at radius 3 is 2.35 bits per heavy atom. The zero-order valence-electron chi connectivity index (χ0n) is 12.6. The molecular weight excluding hydrogens is 312 g/mol. The van der Waals surface area contributed by atoms with Crippen molar-refractivity contribution >= 4 is 10.0 Å². The van der Waals surface area contributed by atoms with Crippen LogP contribution in [0.2, 0.25) is 0 Å². The van der Waals surface area contributed by atoms with Gasteiger partial charge in [-0.05, 0) is 12.5 Å². The van der Waals surface area contributed by atoms with Crippen molar-refractivity contribution in [1.82, 2.24) is 5.16 Å². The van der Waals surface area contributed by atoms with E-state index in [1.807, 2.05) is 37.3 Å². The number of nitrogens with two attached hydrogens (primary N) is 1. The highest BCUT2D eigenvalue weighted by molar-refractivity contribution is 7.89. The molecule has 118 valence electrons. The second-order valence-corrected chi connectivity index (χ2v) is 6.62. The summed E-state index contributed by atoms with van der Waals surface area (Å²) in [5, 5.41) is 9.47. The van der Waals surface area contributed by atoms with Crippen LogP contribution in [0.4, 0.5) is 0 Å². The Hall–Kier alpha value is -2.44. The molecule has 5 nitrogen and oxygen atoms in total. The van der Waals surface area contributed by atoms with Crippen molar-refractivity contribution in [3.63, 3.8) is 0 Å². The van der Waals surface area contributed by atoms with E-state index >= 15 is 0 Å². The van der Waals surface area contributed by atoms with Crippen LogP contribution < -0.4 is 5.14 Å². The number of primary sulfonamides is 1. The molecule has 0 aliphatic carbocycles. The van der Waals surface area contributed by atoms with Gasteiger partial charge in [-0.25, -0.2) is 13.6 Å². The minimum Gasteiger partial charge on any atom is -0.355 e. The molecule has 2 aromatic carbocycles. The van der Waals surface area contributed by atoms with Crippen molar-refractivity contribution < 1.29 is 12.9 Å². The number of hydrogen-bond acceptors (Lipinski definition) is 4. The van der Waals surface area contributed by atoms with Crippen molar-refractivity contribution in [3.05, 3.63) is 60.3 Å². The van der Waals surface area contributed by atoms with Gasteiger partial charge in [-0.2, -0.15) is 0 Å². The first-order chi connectivity index (χ1) is 11.0. The fourth-order valence-electron chi connectivity index (χ4n) is 2.55. The lowest BCUT2D eigenvalue weighted by Gasteiger charge is -2.09. The van der Waals surface area contributed by atoms with Gasteiger partial charge in [-0.1, -0.05) is 60.6 Å². The average molecular weight is 328 g/mol. The van der Waals surface area contributed by atoms with Gasteiger partial charge in [0.05, 0.1) is 16.2 Å². The van der Waals surface area contributed by atoms with Gasteiger partial charge in [0.1, 0.15) is 0 Å². The van der Waals surface area contributed by atoms with Crippen LogP contribution in [-0.4, -0.2) is 13.6 Å². The topological polar surface area (TPSA) is 86.2 Å². The van der Waals surface area contributed by atoms with E-state index in [2.05, 4.69) is 5.16 Å². The van der Waals surface area contributed by atoms with E-state index in [1.165, 1.54) is 6.07 Å². The first-order valence-electron chi connectivity index (χ1n) is 7.18. The van der Waals surface area contributed by atoms with Crippen molar-refractivity contribution in [2.24, 2.45) is 5.14 Å². The fraction of sp³-hybridized carbons (Fsp3) is 0.118. The van der Waals surface area contributed by atoms with Crippen LogP contribution in [0, 0.1) is 0 Å². The molecule has 0 radical (unpaired) electrons. The molecule has 1 heterocycles. The lowest BCUT2D eigenvalue weighted by Crippen LogP contribution is -2.13. The van der Waals surface area contributed by atoms with Crippen molar-refractivity contribution in [3.8, 4) is 22.5 Å². The van der Waals surface area contributed by atoms with Crippen LogP contribution in [0.25, 0.3) is 22.5 Å². The molecule has 0 atom stereocenters. The van der Waals surface area contributed by atoms with E-state index in [0.29, 0.717) is 29.0 Å². The Morgan fingerprint density at radius 1 is 1.04 bits per heavy atom. The average Bonchev–Trinajstić information content (AvgIpc) is 2.98. The third-order valence-electron chi connectivity index (χ3n) is 3.60. The molecule has 1 aromatic heterocycles. The number of sulfonamides is 1. The Morgan fingerprint density at radius 2 is 1.70 bits per heavy atom. The van der Waals surface area contributed by atoms with Crippen LogP contribution in [0.15, 0.2) is 64.0 Å². The normalized spacial score (nSPS) is 11.6. The van der Waals surface area contributed by atoms with Crippen molar-refractivity contribution in [1.29, 1.82) is 0 Å². The number of hydrogen-bond donors (Lipinski definition) is 1. The molecule has 0 spiro atoms. The van der Waals surface area contributed by atoms with Gasteiger partial charge in [0.25, 0.3) is 0 Å². The van der Waals surface area contributed by atoms with Crippen LogP contribution >= 0.6 is 0 Å². The highest BCUT2D eigenvalue weighted by Crippen LogP contribution is 2.38. The molecule has 6 heteroatoms. The first-order valence-corrected chi connectivity index (χ1v) is 8.73. The monoisotopic (exact) mass is 328 g/mol. The molecule has 3 rings (SSSR count). The van der Waals surface area contributed by atoms with Gasteiger partial charge in [0.15, 0.2) is 5.76 Å². The zero-order valence-corrected chi connectivity index (χ0v) is 13.4. The van der Waals surface area contributed by atoms with Crippen LogP contribution in [0.5, 0.6) is 0 Å². The van der Waals surface area contributed by atoms with Gasteiger partial charge in [-0.15, -0.1) is 0 Å². The number of benzene rings is 2. The standard InChI is InChI=1S/C17H16N2O3S/c1-2-14-16(13-10-6-7-11-15(13)23(18,20)21)17(22-19-14)12-8-4-3-5-9-12/h3-11H,2H2,1H3,(H2,18,20,21). The Kier molecular flexibility index (Phi) is 4.02. The summed E-state index contributed by atoms with van der Waals surface area (Å²) in [4.78, 5) is 0.0649. The summed E-state index contributed by atoms with van der Waals surface area (Å²) in [7, 11) is -3.85. The van der Waals surface area contributed by atoms with E-state index in [1.54, 1.807) is 18.2 Å². The van der Waals surface area contributed by atoms with E-state index in [9.17, 15) is 8.42 Å². The summed E-state index contributed by atoms with van der Waals surface area (Å²) in [5.41, 5.74) is 2.70. The molecule has 0 aliphatic rings. The molecule has 0 bridgehead atoms. The quantitative estimate of drug-likeness (QED) is 0.796. The maximum absolute atomic E-state index is 11.9. The maximum Gasteiger partial charge on any atom is 0.238 e. The molecule has 23 heavy (non-hydrogen) atoms. The summed E-state index contributed by atoms with van der Waals surface area (Å²) in [5.74, 6) is 0.540. The van der Waals surface area contributed by atoms with E-state index in [-0.39, 0.29) is 4.90 Å². The SMILES string of the molecule is CCc1noc(-c2ccccc2)c1-c1ccccc1S(N)(=O)=O. The first kappa shape index (κ1) is 15.5. The molecule has 0 fully saturated rings. The van der Waals surface area contributed by atoms with Gasteiger partial charge in [0, 0.05) is 11.1 Å². The Labute approximate surface area is 134 Å². The zero-order chi connectivity index (χ0) is 16.4. The highest BCUT2D eigenvalue weighted by atomic mass is 32.2. The van der Waals surface area contributed by atoms with Crippen molar-refractivity contribution in [2.75, 3.05) is 0 Å². The fourth-order valence-corrected chi connectivity index (χ4v) is 3.29. The predicted molar refractivity (Wildman–Crippen MR) is 88.1 cm³/mol. The molecule has 0 saturated heterocycles. The second-order valence-electron chi connectivity index (χ2n) is 5.09. The predicted octanol–water partition coefficient (Wildman–Crippen LogP) is 3.22. The van der Waals surface area contributed by atoms with E-state index in [4.69, 9.17) is 9.66 Å². The Balaban J connectivity index is 2.32. The smallest absolute Gasteiger partial charge is 0.238 e. The van der Waals surface area contributed by atoms with Gasteiger partial charge in [0.2, 0.25) is 10.0 Å². The number of aromatic nitrogens is 1. The number of aryl methyl sites for hydroxylation is 1. The molecule has 0 unspecified atom stereocenters. The van der Waals surface area contributed by atoms with Gasteiger partial charge >= 0.3 is 0 Å². The summed E-state index contributed by atoms with van der Waals surface area (Å²) in [6.45, 7) is 1.94. The third kappa shape index (κ3) is 2.91. The number of nitrogens with zero attached hydrogens (tertiary/aromatic N) is 1. The lowest BCUT2D eigenvalue weighted by atomic mass is 9.98. The van der Waals surface area contributed by atoms with Crippen LogP contribution in [0.3, 0.4) is 0 Å². The van der Waals surface area contributed by atoms with Crippen LogP contribution in [-0.2, 0) is 16.4 Å². The molecule has 0 aliphatic heterocycles.